The van der Waals surface area contributed by atoms with Gasteiger partial charge in [-0.15, -0.1) is 0 Å². The Morgan fingerprint density at radius 1 is 1.50 bits per heavy atom. The number of nitrogens with one attached hydrogen (secondary N) is 2. The van der Waals surface area contributed by atoms with Crippen LogP contribution < -0.4 is 15.2 Å². The number of hydrogen-bond donors (Lipinski definition) is 3. The molecule has 1 amide bonds. The molecule has 0 spiro atoms. The van der Waals surface area contributed by atoms with Crippen molar-refractivity contribution < 1.29 is 13.2 Å². The molecule has 0 aromatic rings. The number of carbonyl (C=O) groups is 1. The highest BCUT2D eigenvalue weighted by Gasteiger charge is 2.19. The summed E-state index contributed by atoms with van der Waals surface area (Å²) in [5.74, 6) is -0.807. The average Bonchev–Trinajstić information content (AvgIpc) is 1.79. The van der Waals surface area contributed by atoms with Gasteiger partial charge >= 0.3 is 10.2 Å². The highest BCUT2D eigenvalue weighted by molar-refractivity contribution is 7.88. The molecule has 1 rings (SSSR count). The molecule has 0 bridgehead atoms. The van der Waals surface area contributed by atoms with Crippen molar-refractivity contribution in [1.82, 2.24) is 9.44 Å². The van der Waals surface area contributed by atoms with Crippen LogP contribution in [0.5, 0.6) is 0 Å². The van der Waals surface area contributed by atoms with Crippen LogP contribution in [0.15, 0.2) is 11.9 Å². The van der Waals surface area contributed by atoms with Crippen molar-refractivity contribution in [2.45, 2.75) is 0 Å². The van der Waals surface area contributed by atoms with E-state index in [0.29, 0.717) is 0 Å². The van der Waals surface area contributed by atoms with Gasteiger partial charge in [0.2, 0.25) is 0 Å². The van der Waals surface area contributed by atoms with Crippen molar-refractivity contribution in [2.75, 3.05) is 0 Å². The topological polar surface area (TPSA) is 101 Å². The minimum Gasteiger partial charge on any atom is -0.393 e. The minimum absolute atomic E-state index is 0.158. The molecule has 1 aliphatic heterocycles. The zero-order chi connectivity index (χ0) is 7.78. The molecule has 6 nitrogen and oxygen atoms in total. The van der Waals surface area contributed by atoms with Crippen LogP contribution >= 0.6 is 0 Å². The number of carbonyl (C=O) groups excluding carboxylic acids is 1. The van der Waals surface area contributed by atoms with Crippen molar-refractivity contribution in [3.63, 3.8) is 0 Å². The van der Waals surface area contributed by atoms with Crippen LogP contribution in [0.1, 0.15) is 0 Å². The van der Waals surface area contributed by atoms with Gasteiger partial charge in [0.05, 0.1) is 0 Å². The van der Waals surface area contributed by atoms with Gasteiger partial charge in [0, 0.05) is 6.20 Å². The zero-order valence-electron chi connectivity index (χ0n) is 4.79. The maximum atomic E-state index is 10.5. The van der Waals surface area contributed by atoms with Gasteiger partial charge in [-0.05, 0) is 0 Å². The van der Waals surface area contributed by atoms with Gasteiger partial charge in [0.15, 0.2) is 0 Å². The zero-order valence-corrected chi connectivity index (χ0v) is 5.60. The lowest BCUT2D eigenvalue weighted by Crippen LogP contribution is -2.45. The number of amides is 1. The van der Waals surface area contributed by atoms with E-state index in [1.54, 1.807) is 4.72 Å². The fourth-order valence-electron chi connectivity index (χ4n) is 0.417. The van der Waals surface area contributed by atoms with Crippen LogP contribution in [0.3, 0.4) is 0 Å². The van der Waals surface area contributed by atoms with Crippen LogP contribution in [0, 0.1) is 0 Å². The second-order valence-electron chi connectivity index (χ2n) is 1.65. The second-order valence-corrected chi connectivity index (χ2v) is 3.10. The summed E-state index contributed by atoms with van der Waals surface area (Å²) < 4.78 is 24.5. The van der Waals surface area contributed by atoms with Crippen molar-refractivity contribution in [1.29, 1.82) is 0 Å². The third-order valence-electron chi connectivity index (χ3n) is 0.859. The van der Waals surface area contributed by atoms with Gasteiger partial charge in [-0.1, -0.05) is 0 Å². The quantitative estimate of drug-likeness (QED) is 0.375. The van der Waals surface area contributed by atoms with E-state index < -0.39 is 16.1 Å². The summed E-state index contributed by atoms with van der Waals surface area (Å²) in [4.78, 5) is 10.5. The summed E-state index contributed by atoms with van der Waals surface area (Å²) in [6.45, 7) is 0. The third-order valence-corrected chi connectivity index (χ3v) is 1.74. The van der Waals surface area contributed by atoms with Crippen molar-refractivity contribution in [3.05, 3.63) is 11.9 Å². The molecule has 0 unspecified atom stereocenters. The molecule has 0 fully saturated rings. The monoisotopic (exact) mass is 163 g/mol. The predicted octanol–water partition coefficient (Wildman–Crippen LogP) is -2.25. The Kier molecular flexibility index (Phi) is 1.29. The van der Waals surface area contributed by atoms with Gasteiger partial charge in [-0.2, -0.15) is 8.42 Å². The van der Waals surface area contributed by atoms with E-state index in [9.17, 15) is 13.2 Å². The molecule has 10 heavy (non-hydrogen) atoms. The van der Waals surface area contributed by atoms with Gasteiger partial charge in [0.25, 0.3) is 5.91 Å². The number of rotatable bonds is 0. The molecule has 0 aliphatic carbocycles. The standard InChI is InChI=1S/C3H5N3O3S/c4-2-1-5-10(8,9)6-3(2)7/h1,5H,4H2,(H,6,7). The normalized spacial score (nSPS) is 22.4. The molecular weight excluding hydrogens is 158 g/mol. The van der Waals surface area contributed by atoms with Crippen molar-refractivity contribution in [2.24, 2.45) is 5.73 Å². The van der Waals surface area contributed by atoms with E-state index in [2.05, 4.69) is 0 Å². The second kappa shape index (κ2) is 1.87. The van der Waals surface area contributed by atoms with E-state index in [4.69, 9.17) is 5.73 Å². The summed E-state index contributed by atoms with van der Waals surface area (Å²) in [5.41, 5.74) is 4.86. The smallest absolute Gasteiger partial charge is 0.323 e. The van der Waals surface area contributed by atoms with Crippen LogP contribution in [0.25, 0.3) is 0 Å². The first kappa shape index (κ1) is 6.87. The van der Waals surface area contributed by atoms with E-state index in [1.165, 1.54) is 0 Å². The fourth-order valence-corrected chi connectivity index (χ4v) is 1.12. The lowest BCUT2D eigenvalue weighted by molar-refractivity contribution is -0.116. The molecule has 0 radical (unpaired) electrons. The molecule has 0 aromatic heterocycles. The Hall–Kier alpha value is -1.24. The van der Waals surface area contributed by atoms with E-state index in [1.807, 2.05) is 4.72 Å². The molecule has 0 saturated heterocycles. The van der Waals surface area contributed by atoms with E-state index in [0.717, 1.165) is 6.20 Å². The van der Waals surface area contributed by atoms with Gasteiger partial charge in [-0.25, -0.2) is 4.72 Å². The van der Waals surface area contributed by atoms with Crippen LogP contribution in [0.4, 0.5) is 0 Å². The molecule has 4 N–H and O–H groups in total. The average molecular weight is 163 g/mol. The highest BCUT2D eigenvalue weighted by Crippen LogP contribution is 1.91. The summed E-state index contributed by atoms with van der Waals surface area (Å²) in [5, 5.41) is 0. The van der Waals surface area contributed by atoms with E-state index in [-0.39, 0.29) is 5.70 Å². The van der Waals surface area contributed by atoms with Crippen LogP contribution in [0.2, 0.25) is 0 Å². The maximum absolute atomic E-state index is 10.5. The van der Waals surface area contributed by atoms with Crippen LogP contribution in [-0.4, -0.2) is 14.3 Å². The Morgan fingerprint density at radius 2 is 2.10 bits per heavy atom. The SMILES string of the molecule is NC1=CNS(=O)(=O)NC1=O. The van der Waals surface area contributed by atoms with E-state index >= 15 is 0 Å². The van der Waals surface area contributed by atoms with Crippen molar-refractivity contribution >= 4 is 16.1 Å². The van der Waals surface area contributed by atoms with Gasteiger partial charge in [-0.3, -0.25) is 9.52 Å². The Morgan fingerprint density at radius 3 is 2.50 bits per heavy atom. The Labute approximate surface area is 57.3 Å². The molecule has 0 atom stereocenters. The molecule has 1 aliphatic rings. The highest BCUT2D eigenvalue weighted by atomic mass is 32.2. The minimum atomic E-state index is -3.67. The molecule has 1 heterocycles. The lowest BCUT2D eigenvalue weighted by atomic mass is 10.5. The third kappa shape index (κ3) is 1.18. The summed E-state index contributed by atoms with van der Waals surface area (Å²) in [6.07, 6.45) is 0.925. The van der Waals surface area contributed by atoms with Crippen molar-refractivity contribution in [3.8, 4) is 0 Å². The fraction of sp³-hybridized carbons (Fsp3) is 0. The molecule has 7 heteroatoms. The number of nitrogens with two attached hydrogens (primary N) is 1. The number of hydrogen-bond acceptors (Lipinski definition) is 4. The Bertz CT molecular complexity index is 290. The first-order chi connectivity index (χ1) is 4.51. The Balaban J connectivity index is 3.00. The van der Waals surface area contributed by atoms with Gasteiger partial charge in [0.1, 0.15) is 5.70 Å². The molecular formula is C3H5N3O3S. The van der Waals surface area contributed by atoms with Gasteiger partial charge < -0.3 is 5.73 Å². The summed E-state index contributed by atoms with van der Waals surface area (Å²) in [6, 6.07) is 0. The molecule has 0 saturated carbocycles. The van der Waals surface area contributed by atoms with Crippen LogP contribution in [-0.2, 0) is 15.0 Å². The largest absolute Gasteiger partial charge is 0.393 e. The maximum Gasteiger partial charge on any atom is 0.323 e. The molecule has 56 valence electrons. The molecule has 0 aromatic carbocycles. The summed E-state index contributed by atoms with van der Waals surface area (Å²) in [7, 11) is -3.67. The lowest BCUT2D eigenvalue weighted by Gasteiger charge is -2.11. The first-order valence-electron chi connectivity index (χ1n) is 2.31. The summed E-state index contributed by atoms with van der Waals surface area (Å²) >= 11 is 0. The predicted molar refractivity (Wildman–Crippen MR) is 32.5 cm³/mol. The first-order valence-corrected chi connectivity index (χ1v) is 3.79.